The Morgan fingerprint density at radius 3 is 3.17 bits per heavy atom. The molecule has 0 radical (unpaired) electrons. The first kappa shape index (κ1) is 8.66. The summed E-state index contributed by atoms with van der Waals surface area (Å²) in [5.74, 6) is 0. The van der Waals surface area contributed by atoms with E-state index in [2.05, 4.69) is 27.8 Å². The van der Waals surface area contributed by atoms with Gasteiger partial charge < -0.3 is 5.73 Å². The molecule has 3 N–H and O–H groups in total. The summed E-state index contributed by atoms with van der Waals surface area (Å²) in [4.78, 5) is 0. The van der Waals surface area contributed by atoms with Crippen LogP contribution < -0.4 is 11.2 Å². The lowest BCUT2D eigenvalue weighted by Crippen LogP contribution is -2.23. The van der Waals surface area contributed by atoms with Gasteiger partial charge in [-0.3, -0.25) is 10.1 Å². The van der Waals surface area contributed by atoms with Crippen molar-refractivity contribution in [1.29, 1.82) is 0 Å². The van der Waals surface area contributed by atoms with Gasteiger partial charge in [0.05, 0.1) is 12.4 Å². The highest BCUT2D eigenvalue weighted by molar-refractivity contribution is 7.80. The van der Waals surface area contributed by atoms with Crippen LogP contribution in [0.5, 0.6) is 0 Å². The molecule has 1 rings (SSSR count). The van der Waals surface area contributed by atoms with E-state index in [1.165, 1.54) is 0 Å². The van der Waals surface area contributed by atoms with E-state index < -0.39 is 0 Å². The van der Waals surface area contributed by atoms with Gasteiger partial charge in [0.25, 0.3) is 0 Å². The minimum Gasteiger partial charge on any atom is -0.375 e. The van der Waals surface area contributed by atoms with Gasteiger partial charge in [0.2, 0.25) is 0 Å². The summed E-state index contributed by atoms with van der Waals surface area (Å²) < 4.78 is 1.68. The van der Waals surface area contributed by atoms with Crippen LogP contribution in [0.25, 0.3) is 0 Å². The van der Waals surface area contributed by atoms with Crippen molar-refractivity contribution in [2.75, 3.05) is 0 Å². The summed E-state index contributed by atoms with van der Waals surface area (Å²) >= 11 is 4.55. The number of hydrazone groups is 1. The number of rotatable bonds is 2. The van der Waals surface area contributed by atoms with Gasteiger partial charge in [0.15, 0.2) is 5.11 Å². The molecule has 0 aliphatic heterocycles. The maximum atomic E-state index is 5.15. The van der Waals surface area contributed by atoms with E-state index in [4.69, 9.17) is 5.73 Å². The molecule has 0 saturated heterocycles. The van der Waals surface area contributed by atoms with Crippen LogP contribution in [-0.2, 0) is 7.05 Å². The highest BCUT2D eigenvalue weighted by Crippen LogP contribution is 1.89. The zero-order valence-electron chi connectivity index (χ0n) is 6.56. The molecule has 1 aromatic heterocycles. The van der Waals surface area contributed by atoms with Crippen molar-refractivity contribution >= 4 is 23.5 Å². The Balaban J connectivity index is 2.52. The molecule has 0 fully saturated rings. The third kappa shape index (κ3) is 2.67. The second kappa shape index (κ2) is 3.82. The minimum atomic E-state index is 0.148. The van der Waals surface area contributed by atoms with Crippen LogP contribution in [0.2, 0.25) is 0 Å². The van der Waals surface area contributed by atoms with Gasteiger partial charge in [0, 0.05) is 18.8 Å². The maximum Gasteiger partial charge on any atom is 0.184 e. The second-order valence-electron chi connectivity index (χ2n) is 2.18. The van der Waals surface area contributed by atoms with Crippen LogP contribution in [0.4, 0.5) is 0 Å². The fourth-order valence-electron chi connectivity index (χ4n) is 0.677. The largest absolute Gasteiger partial charge is 0.375 e. The van der Waals surface area contributed by atoms with E-state index in [0.29, 0.717) is 0 Å². The second-order valence-corrected chi connectivity index (χ2v) is 2.62. The smallest absolute Gasteiger partial charge is 0.184 e. The lowest BCUT2D eigenvalue weighted by molar-refractivity contribution is 0.767. The lowest BCUT2D eigenvalue weighted by Gasteiger charge is -1.91. The fourth-order valence-corrected chi connectivity index (χ4v) is 0.730. The molecule has 5 nitrogen and oxygen atoms in total. The van der Waals surface area contributed by atoms with E-state index in [0.717, 1.165) is 5.56 Å². The molecule has 64 valence electrons. The monoisotopic (exact) mass is 183 g/mol. The van der Waals surface area contributed by atoms with Crippen molar-refractivity contribution in [3.8, 4) is 0 Å². The third-order valence-corrected chi connectivity index (χ3v) is 1.20. The SMILES string of the molecule is Cn1cc(C=NNC(N)=S)cn1. The Labute approximate surface area is 75.2 Å². The van der Waals surface area contributed by atoms with E-state index in [9.17, 15) is 0 Å². The number of hydrogen-bond donors (Lipinski definition) is 2. The summed E-state index contributed by atoms with van der Waals surface area (Å²) in [6.45, 7) is 0. The molecule has 0 bridgehead atoms. The highest BCUT2D eigenvalue weighted by Gasteiger charge is 1.89. The molecule has 6 heteroatoms. The van der Waals surface area contributed by atoms with Crippen LogP contribution in [0.15, 0.2) is 17.5 Å². The number of nitrogens with one attached hydrogen (secondary N) is 1. The Morgan fingerprint density at radius 1 is 1.92 bits per heavy atom. The van der Waals surface area contributed by atoms with Crippen molar-refractivity contribution < 1.29 is 0 Å². The molecule has 0 unspecified atom stereocenters. The van der Waals surface area contributed by atoms with Crippen LogP contribution >= 0.6 is 12.2 Å². The number of aromatic nitrogens is 2. The number of aryl methyl sites for hydroxylation is 1. The molecular formula is C6H9N5S. The number of thiocarbonyl (C=S) groups is 1. The van der Waals surface area contributed by atoms with Crippen LogP contribution in [-0.4, -0.2) is 21.1 Å². The Morgan fingerprint density at radius 2 is 2.67 bits per heavy atom. The predicted octanol–water partition coefficient (Wildman–Crippen LogP) is -0.413. The zero-order chi connectivity index (χ0) is 8.97. The summed E-state index contributed by atoms with van der Waals surface area (Å²) in [5.41, 5.74) is 8.48. The van der Waals surface area contributed by atoms with Gasteiger partial charge >= 0.3 is 0 Å². The molecule has 0 aliphatic rings. The van der Waals surface area contributed by atoms with Crippen molar-refractivity contribution in [1.82, 2.24) is 15.2 Å². The van der Waals surface area contributed by atoms with Gasteiger partial charge in [-0.2, -0.15) is 10.2 Å². The summed E-state index contributed by atoms with van der Waals surface area (Å²) in [5, 5.41) is 7.86. The molecule has 0 aliphatic carbocycles. The third-order valence-electron chi connectivity index (χ3n) is 1.11. The van der Waals surface area contributed by atoms with E-state index in [-0.39, 0.29) is 5.11 Å². The van der Waals surface area contributed by atoms with Gasteiger partial charge in [-0.1, -0.05) is 0 Å². The van der Waals surface area contributed by atoms with Gasteiger partial charge in [0.1, 0.15) is 0 Å². The lowest BCUT2D eigenvalue weighted by atomic mass is 10.4. The van der Waals surface area contributed by atoms with Crippen molar-refractivity contribution in [3.63, 3.8) is 0 Å². The van der Waals surface area contributed by atoms with Crippen molar-refractivity contribution in [2.45, 2.75) is 0 Å². The van der Waals surface area contributed by atoms with Crippen molar-refractivity contribution in [2.24, 2.45) is 17.9 Å². The van der Waals surface area contributed by atoms with Gasteiger partial charge in [-0.25, -0.2) is 0 Å². The normalized spacial score (nSPS) is 10.4. The maximum absolute atomic E-state index is 5.15. The average Bonchev–Trinajstić information content (AvgIpc) is 2.35. The number of hydrogen-bond acceptors (Lipinski definition) is 3. The summed E-state index contributed by atoms with van der Waals surface area (Å²) in [6.07, 6.45) is 5.10. The molecule has 0 atom stereocenters. The quantitative estimate of drug-likeness (QED) is 0.371. The molecule has 0 spiro atoms. The number of nitrogens with two attached hydrogens (primary N) is 1. The zero-order valence-corrected chi connectivity index (χ0v) is 7.38. The molecule has 0 aromatic carbocycles. The Bertz CT molecular complexity index is 303. The Hall–Kier alpha value is -1.43. The molecule has 0 amide bonds. The van der Waals surface area contributed by atoms with Gasteiger partial charge in [-0.15, -0.1) is 0 Å². The molecule has 1 heterocycles. The van der Waals surface area contributed by atoms with Crippen molar-refractivity contribution in [3.05, 3.63) is 18.0 Å². The highest BCUT2D eigenvalue weighted by atomic mass is 32.1. The molecule has 1 aromatic rings. The van der Waals surface area contributed by atoms with Crippen LogP contribution in [0.3, 0.4) is 0 Å². The molecular weight excluding hydrogens is 174 g/mol. The molecule has 0 saturated carbocycles. The Kier molecular flexibility index (Phi) is 2.76. The minimum absolute atomic E-state index is 0.148. The van der Waals surface area contributed by atoms with E-state index in [1.807, 2.05) is 13.2 Å². The fraction of sp³-hybridized carbons (Fsp3) is 0.167. The summed E-state index contributed by atoms with van der Waals surface area (Å²) in [7, 11) is 1.83. The number of nitrogens with zero attached hydrogens (tertiary/aromatic N) is 3. The van der Waals surface area contributed by atoms with Crippen LogP contribution in [0.1, 0.15) is 5.56 Å². The van der Waals surface area contributed by atoms with E-state index >= 15 is 0 Å². The first-order valence-corrected chi connectivity index (χ1v) is 3.66. The van der Waals surface area contributed by atoms with E-state index in [1.54, 1.807) is 17.1 Å². The average molecular weight is 183 g/mol. The predicted molar refractivity (Wildman–Crippen MR) is 50.7 cm³/mol. The van der Waals surface area contributed by atoms with Gasteiger partial charge in [-0.05, 0) is 12.2 Å². The first-order valence-electron chi connectivity index (χ1n) is 3.25. The first-order chi connectivity index (χ1) is 5.68. The topological polar surface area (TPSA) is 68.2 Å². The molecule has 12 heavy (non-hydrogen) atoms. The standard InChI is InChI=1S/C6H9N5S/c1-11-4-5(3-9-11)2-8-10-6(7)12/h2-4H,1H3,(H3,7,10,12). The summed E-state index contributed by atoms with van der Waals surface area (Å²) in [6, 6.07) is 0. The van der Waals surface area contributed by atoms with Crippen LogP contribution in [0, 0.1) is 0 Å².